The van der Waals surface area contributed by atoms with Gasteiger partial charge in [-0.15, -0.1) is 0 Å². The van der Waals surface area contributed by atoms with Crippen LogP contribution in [0.25, 0.3) is 6.08 Å². The summed E-state index contributed by atoms with van der Waals surface area (Å²) >= 11 is 6.28. The highest BCUT2D eigenvalue weighted by atomic mass is 32.2. The number of thiocarbonyl (C=S) groups is 1. The van der Waals surface area contributed by atoms with Gasteiger partial charge in [-0.05, 0) is 49.2 Å². The van der Waals surface area contributed by atoms with Gasteiger partial charge >= 0.3 is 0 Å². The van der Waals surface area contributed by atoms with Gasteiger partial charge in [0.05, 0.1) is 25.2 Å². The first-order valence-electron chi connectivity index (χ1n) is 9.22. The molecule has 0 aliphatic carbocycles. The largest absolute Gasteiger partial charge is 0.493 e. The third-order valence-corrected chi connectivity index (χ3v) is 5.60. The highest BCUT2D eigenvalue weighted by Gasteiger charge is 2.23. The Balaban J connectivity index is 1.62. The van der Waals surface area contributed by atoms with Crippen molar-refractivity contribution in [2.45, 2.75) is 20.3 Å². The quantitative estimate of drug-likeness (QED) is 0.375. The van der Waals surface area contributed by atoms with Gasteiger partial charge in [-0.25, -0.2) is 0 Å². The molecule has 1 aliphatic heterocycles. The molecule has 5 nitrogen and oxygen atoms in total. The summed E-state index contributed by atoms with van der Waals surface area (Å²) in [5, 5.41) is 2.62. The van der Waals surface area contributed by atoms with Gasteiger partial charge in [0.25, 0.3) is 5.91 Å². The zero-order chi connectivity index (χ0) is 20.8. The molecule has 0 saturated carbocycles. The second-order valence-electron chi connectivity index (χ2n) is 6.53. The van der Waals surface area contributed by atoms with Crippen LogP contribution in [0.5, 0.6) is 17.2 Å². The van der Waals surface area contributed by atoms with Crippen LogP contribution >= 0.6 is 24.0 Å². The highest BCUT2D eigenvalue weighted by molar-refractivity contribution is 8.26. The summed E-state index contributed by atoms with van der Waals surface area (Å²) in [7, 11) is 1.59. The molecule has 152 valence electrons. The molecule has 0 spiro atoms. The Bertz CT molecular complexity index is 956. The molecule has 2 aromatic rings. The standard InChI is InChI=1S/C22H23NO4S2/c1-14-8-9-17(12-15(14)2)26-10-5-11-27-20-16(6-4-7-18(20)25-3)13-19-21(24)23-22(28)29-19/h4,6-9,12-13H,5,10-11H2,1-3H3,(H,23,24,28)/b19-13+. The first-order chi connectivity index (χ1) is 14.0. The topological polar surface area (TPSA) is 56.8 Å². The van der Waals surface area contributed by atoms with Gasteiger partial charge in [-0.2, -0.15) is 0 Å². The van der Waals surface area contributed by atoms with E-state index >= 15 is 0 Å². The van der Waals surface area contributed by atoms with Crippen LogP contribution in [0.3, 0.4) is 0 Å². The minimum absolute atomic E-state index is 0.199. The molecule has 0 atom stereocenters. The Hall–Kier alpha value is -2.51. The van der Waals surface area contributed by atoms with Crippen LogP contribution in [-0.4, -0.2) is 30.6 Å². The number of hydrogen-bond acceptors (Lipinski definition) is 6. The van der Waals surface area contributed by atoms with Crippen molar-refractivity contribution in [2.24, 2.45) is 0 Å². The van der Waals surface area contributed by atoms with Crippen molar-refractivity contribution in [1.82, 2.24) is 5.32 Å². The molecule has 2 aromatic carbocycles. The summed E-state index contributed by atoms with van der Waals surface area (Å²) in [6, 6.07) is 11.6. The molecule has 0 aromatic heterocycles. The van der Waals surface area contributed by atoms with E-state index in [2.05, 4.69) is 25.2 Å². The van der Waals surface area contributed by atoms with Crippen LogP contribution in [0.15, 0.2) is 41.3 Å². The first kappa shape index (κ1) is 21.2. The Kier molecular flexibility index (Phi) is 7.17. The van der Waals surface area contributed by atoms with Gasteiger partial charge in [0, 0.05) is 12.0 Å². The summed E-state index contributed by atoms with van der Waals surface area (Å²) in [5.41, 5.74) is 3.22. The van der Waals surface area contributed by atoms with Gasteiger partial charge in [-0.3, -0.25) is 4.79 Å². The van der Waals surface area contributed by atoms with E-state index in [9.17, 15) is 4.79 Å². The van der Waals surface area contributed by atoms with Gasteiger partial charge in [0.2, 0.25) is 0 Å². The molecule has 1 fully saturated rings. The molecule has 0 radical (unpaired) electrons. The highest BCUT2D eigenvalue weighted by Crippen LogP contribution is 2.35. The van der Waals surface area contributed by atoms with Crippen LogP contribution in [-0.2, 0) is 4.79 Å². The molecule has 1 amide bonds. The number of hydrogen-bond donors (Lipinski definition) is 1. The molecule has 7 heteroatoms. The van der Waals surface area contributed by atoms with E-state index in [-0.39, 0.29) is 5.91 Å². The first-order valence-corrected chi connectivity index (χ1v) is 10.4. The van der Waals surface area contributed by atoms with E-state index in [0.29, 0.717) is 40.4 Å². The van der Waals surface area contributed by atoms with E-state index < -0.39 is 0 Å². The van der Waals surface area contributed by atoms with Crippen LogP contribution in [0.1, 0.15) is 23.1 Å². The Morgan fingerprint density at radius 1 is 1.10 bits per heavy atom. The van der Waals surface area contributed by atoms with Gasteiger partial charge < -0.3 is 19.5 Å². The van der Waals surface area contributed by atoms with Crippen molar-refractivity contribution in [3.63, 3.8) is 0 Å². The van der Waals surface area contributed by atoms with Crippen molar-refractivity contribution in [2.75, 3.05) is 20.3 Å². The van der Waals surface area contributed by atoms with Crippen molar-refractivity contribution in [3.05, 3.63) is 58.0 Å². The van der Waals surface area contributed by atoms with E-state index in [1.165, 1.54) is 22.9 Å². The molecule has 3 rings (SSSR count). The summed E-state index contributed by atoms with van der Waals surface area (Å²) < 4.78 is 17.7. The summed E-state index contributed by atoms with van der Waals surface area (Å²) in [6.07, 6.45) is 2.48. The van der Waals surface area contributed by atoms with Crippen LogP contribution in [0.2, 0.25) is 0 Å². The monoisotopic (exact) mass is 429 g/mol. The van der Waals surface area contributed by atoms with Gasteiger partial charge in [0.1, 0.15) is 10.1 Å². The number of thioether (sulfide) groups is 1. The van der Waals surface area contributed by atoms with Crippen molar-refractivity contribution < 1.29 is 19.0 Å². The number of amides is 1. The second-order valence-corrected chi connectivity index (χ2v) is 8.25. The maximum atomic E-state index is 12.0. The third kappa shape index (κ3) is 5.52. The maximum absolute atomic E-state index is 12.0. The molecular weight excluding hydrogens is 406 g/mol. The second kappa shape index (κ2) is 9.80. The molecule has 0 bridgehead atoms. The molecular formula is C22H23NO4S2. The van der Waals surface area contributed by atoms with Crippen LogP contribution in [0.4, 0.5) is 0 Å². The SMILES string of the molecule is COc1cccc(/C=C2/SC(=S)NC2=O)c1OCCCOc1ccc(C)c(C)c1. The van der Waals surface area contributed by atoms with Crippen molar-refractivity contribution >= 4 is 40.3 Å². The van der Waals surface area contributed by atoms with E-state index in [1.807, 2.05) is 30.3 Å². The fraction of sp³-hybridized carbons (Fsp3) is 0.273. The predicted molar refractivity (Wildman–Crippen MR) is 121 cm³/mol. The normalized spacial score (nSPS) is 14.8. The molecule has 1 heterocycles. The van der Waals surface area contributed by atoms with Crippen molar-refractivity contribution in [3.8, 4) is 17.2 Å². The van der Waals surface area contributed by atoms with Gasteiger partial charge in [0.15, 0.2) is 11.5 Å². The van der Waals surface area contributed by atoms with E-state index in [1.54, 1.807) is 13.2 Å². The minimum Gasteiger partial charge on any atom is -0.493 e. The van der Waals surface area contributed by atoms with E-state index in [0.717, 1.165) is 11.3 Å². The number of para-hydroxylation sites is 1. The van der Waals surface area contributed by atoms with Crippen molar-refractivity contribution in [1.29, 1.82) is 0 Å². The zero-order valence-corrected chi connectivity index (χ0v) is 18.2. The average Bonchev–Trinajstić information content (AvgIpc) is 3.02. The number of aryl methyl sites for hydroxylation is 2. The summed E-state index contributed by atoms with van der Waals surface area (Å²) in [5.74, 6) is 1.87. The predicted octanol–water partition coefficient (Wildman–Crippen LogP) is 4.65. The summed E-state index contributed by atoms with van der Waals surface area (Å²) in [6.45, 7) is 5.15. The number of benzene rings is 2. The van der Waals surface area contributed by atoms with E-state index in [4.69, 9.17) is 26.4 Å². The fourth-order valence-electron chi connectivity index (χ4n) is 2.75. The maximum Gasteiger partial charge on any atom is 0.263 e. The fourth-order valence-corrected chi connectivity index (χ4v) is 3.79. The summed E-state index contributed by atoms with van der Waals surface area (Å²) in [4.78, 5) is 12.5. The number of ether oxygens (including phenoxy) is 3. The number of carbonyl (C=O) groups excluding carboxylic acids is 1. The zero-order valence-electron chi connectivity index (χ0n) is 16.6. The average molecular weight is 430 g/mol. The number of methoxy groups -OCH3 is 1. The number of carbonyl (C=O) groups is 1. The molecule has 1 aliphatic rings. The molecule has 1 N–H and O–H groups in total. The number of rotatable bonds is 8. The minimum atomic E-state index is -0.199. The lowest BCUT2D eigenvalue weighted by molar-refractivity contribution is -0.115. The molecule has 1 saturated heterocycles. The third-order valence-electron chi connectivity index (χ3n) is 4.44. The lowest BCUT2D eigenvalue weighted by atomic mass is 10.1. The molecule has 0 unspecified atom stereocenters. The Labute approximate surface area is 180 Å². The number of nitrogens with one attached hydrogen (secondary N) is 1. The lowest BCUT2D eigenvalue weighted by Crippen LogP contribution is -2.17. The molecule has 29 heavy (non-hydrogen) atoms. The lowest BCUT2D eigenvalue weighted by Gasteiger charge is -2.14. The smallest absolute Gasteiger partial charge is 0.263 e. The Morgan fingerprint density at radius 2 is 1.90 bits per heavy atom. The van der Waals surface area contributed by atoms with Gasteiger partial charge in [-0.1, -0.05) is 42.2 Å². The van der Waals surface area contributed by atoms with Crippen LogP contribution < -0.4 is 19.5 Å². The Morgan fingerprint density at radius 3 is 2.59 bits per heavy atom. The van der Waals surface area contributed by atoms with Crippen LogP contribution in [0, 0.1) is 13.8 Å².